The maximum Gasteiger partial charge on any atom is 0.161 e. The summed E-state index contributed by atoms with van der Waals surface area (Å²) in [5.74, 6) is 1.63. The van der Waals surface area contributed by atoms with E-state index >= 15 is 0 Å². The number of para-hydroxylation sites is 1. The van der Waals surface area contributed by atoms with E-state index in [0.29, 0.717) is 6.04 Å². The fourth-order valence-corrected chi connectivity index (χ4v) is 3.86. The van der Waals surface area contributed by atoms with Gasteiger partial charge in [0.15, 0.2) is 11.5 Å². The molecule has 0 unspecified atom stereocenters. The fourth-order valence-electron chi connectivity index (χ4n) is 3.86. The van der Waals surface area contributed by atoms with E-state index in [1.165, 1.54) is 27.6 Å². The summed E-state index contributed by atoms with van der Waals surface area (Å²) in [6.07, 6.45) is 5.27. The van der Waals surface area contributed by atoms with Gasteiger partial charge in [0, 0.05) is 23.1 Å². The zero-order chi connectivity index (χ0) is 17.2. The Hall–Kier alpha value is -2.46. The standard InChI is InChI=1S/C21H24N2O2/c1-24-20-11-14-9-10-22-19(17(14)12-21(20)25-2)8-7-15-13-23-18-6-4-3-5-16(15)18/h3-6,11-13,19,22-23H,7-10H2,1-2H3/t19-/m1/s1. The lowest BCUT2D eigenvalue weighted by atomic mass is 9.90. The smallest absolute Gasteiger partial charge is 0.161 e. The van der Waals surface area contributed by atoms with Gasteiger partial charge in [-0.15, -0.1) is 0 Å². The minimum Gasteiger partial charge on any atom is -0.493 e. The number of hydrogen-bond acceptors (Lipinski definition) is 3. The van der Waals surface area contributed by atoms with E-state index in [1.807, 2.05) is 0 Å². The molecule has 0 saturated carbocycles. The number of aromatic nitrogens is 1. The third-order valence-electron chi connectivity index (χ3n) is 5.18. The number of aryl methyl sites for hydroxylation is 1. The molecule has 1 atom stereocenters. The number of aromatic amines is 1. The maximum absolute atomic E-state index is 5.50. The van der Waals surface area contributed by atoms with Crippen molar-refractivity contribution in [2.45, 2.75) is 25.3 Å². The monoisotopic (exact) mass is 336 g/mol. The molecule has 25 heavy (non-hydrogen) atoms. The predicted molar refractivity (Wildman–Crippen MR) is 101 cm³/mol. The molecule has 1 aliphatic rings. The summed E-state index contributed by atoms with van der Waals surface area (Å²) in [6.45, 7) is 1.00. The van der Waals surface area contributed by atoms with Crippen molar-refractivity contribution >= 4 is 10.9 Å². The zero-order valence-electron chi connectivity index (χ0n) is 14.8. The molecule has 2 N–H and O–H groups in total. The van der Waals surface area contributed by atoms with E-state index < -0.39 is 0 Å². The minimum absolute atomic E-state index is 0.345. The minimum atomic E-state index is 0.345. The number of nitrogens with one attached hydrogen (secondary N) is 2. The Morgan fingerprint density at radius 1 is 1.08 bits per heavy atom. The molecule has 4 rings (SSSR count). The molecule has 130 valence electrons. The van der Waals surface area contributed by atoms with Crippen LogP contribution in [-0.2, 0) is 12.8 Å². The topological polar surface area (TPSA) is 46.3 Å². The summed E-state index contributed by atoms with van der Waals surface area (Å²) in [7, 11) is 3.39. The summed E-state index contributed by atoms with van der Waals surface area (Å²) in [5, 5.41) is 4.99. The normalized spacial score (nSPS) is 16.6. The van der Waals surface area contributed by atoms with Crippen molar-refractivity contribution < 1.29 is 9.47 Å². The summed E-state index contributed by atoms with van der Waals surface area (Å²) in [5.41, 5.74) is 5.29. The average Bonchev–Trinajstić information content (AvgIpc) is 3.08. The van der Waals surface area contributed by atoms with E-state index in [1.54, 1.807) is 14.2 Å². The van der Waals surface area contributed by atoms with Gasteiger partial charge in [-0.2, -0.15) is 0 Å². The second-order valence-electron chi connectivity index (χ2n) is 6.56. The summed E-state index contributed by atoms with van der Waals surface area (Å²) >= 11 is 0. The molecule has 4 nitrogen and oxygen atoms in total. The quantitative estimate of drug-likeness (QED) is 0.740. The van der Waals surface area contributed by atoms with Crippen molar-refractivity contribution in [1.29, 1.82) is 0 Å². The van der Waals surface area contributed by atoms with Crippen LogP contribution in [0.4, 0.5) is 0 Å². The van der Waals surface area contributed by atoms with E-state index in [4.69, 9.17) is 9.47 Å². The van der Waals surface area contributed by atoms with Gasteiger partial charge in [0.1, 0.15) is 0 Å². The van der Waals surface area contributed by atoms with Crippen LogP contribution in [0.2, 0.25) is 0 Å². The Kier molecular flexibility index (Phi) is 4.36. The van der Waals surface area contributed by atoms with Crippen LogP contribution in [0.3, 0.4) is 0 Å². The number of rotatable bonds is 5. The van der Waals surface area contributed by atoms with Crippen LogP contribution in [0, 0.1) is 0 Å². The van der Waals surface area contributed by atoms with Gasteiger partial charge >= 0.3 is 0 Å². The highest BCUT2D eigenvalue weighted by Gasteiger charge is 2.22. The number of H-pyrrole nitrogens is 1. The molecule has 1 aliphatic heterocycles. The van der Waals surface area contributed by atoms with Crippen molar-refractivity contribution in [3.05, 3.63) is 59.3 Å². The molecule has 2 aromatic carbocycles. The van der Waals surface area contributed by atoms with Gasteiger partial charge in [-0.3, -0.25) is 0 Å². The summed E-state index contributed by atoms with van der Waals surface area (Å²) in [6, 6.07) is 13.1. The SMILES string of the molecule is COc1cc2c(cc1OC)[C@@H](CCc1c[nH]c3ccccc13)NCC2. The lowest BCUT2D eigenvalue weighted by molar-refractivity contribution is 0.351. The molecule has 0 fully saturated rings. The molecule has 0 bridgehead atoms. The first kappa shape index (κ1) is 16.0. The number of fused-ring (bicyclic) bond motifs is 2. The van der Waals surface area contributed by atoms with Gasteiger partial charge in [-0.05, 0) is 60.7 Å². The number of methoxy groups -OCH3 is 2. The molecule has 0 amide bonds. The van der Waals surface area contributed by atoms with Gasteiger partial charge in [-0.25, -0.2) is 0 Å². The van der Waals surface area contributed by atoms with E-state index in [-0.39, 0.29) is 0 Å². The third kappa shape index (κ3) is 2.98. The molecule has 4 heteroatoms. The summed E-state index contributed by atoms with van der Waals surface area (Å²) < 4.78 is 11.0. The number of hydrogen-bond donors (Lipinski definition) is 2. The van der Waals surface area contributed by atoms with Gasteiger partial charge in [0.25, 0.3) is 0 Å². The van der Waals surface area contributed by atoms with Gasteiger partial charge in [0.05, 0.1) is 14.2 Å². The van der Waals surface area contributed by atoms with Crippen molar-refractivity contribution in [2.75, 3.05) is 20.8 Å². The predicted octanol–water partition coefficient (Wildman–Crippen LogP) is 4.00. The lowest BCUT2D eigenvalue weighted by Gasteiger charge is -2.28. The second kappa shape index (κ2) is 6.81. The molecule has 2 heterocycles. The molecule has 1 aromatic heterocycles. The van der Waals surface area contributed by atoms with E-state index in [0.717, 1.165) is 37.3 Å². The average molecular weight is 336 g/mol. The first-order valence-corrected chi connectivity index (χ1v) is 8.83. The molecule has 0 saturated heterocycles. The van der Waals surface area contributed by atoms with E-state index in [2.05, 4.69) is 52.9 Å². The summed E-state index contributed by atoms with van der Waals surface area (Å²) in [4.78, 5) is 3.37. The number of benzene rings is 2. The molecule has 0 spiro atoms. The second-order valence-corrected chi connectivity index (χ2v) is 6.56. The third-order valence-corrected chi connectivity index (χ3v) is 5.18. The molecular formula is C21H24N2O2. The Morgan fingerprint density at radius 2 is 1.88 bits per heavy atom. The molecular weight excluding hydrogens is 312 g/mol. The zero-order valence-corrected chi connectivity index (χ0v) is 14.8. The number of ether oxygens (including phenoxy) is 2. The lowest BCUT2D eigenvalue weighted by Crippen LogP contribution is -2.30. The van der Waals surface area contributed by atoms with Crippen LogP contribution in [-0.4, -0.2) is 25.7 Å². The Balaban J connectivity index is 1.58. The Bertz CT molecular complexity index is 885. The van der Waals surface area contributed by atoms with E-state index in [9.17, 15) is 0 Å². The molecule has 0 radical (unpaired) electrons. The maximum atomic E-state index is 5.50. The highest BCUT2D eigenvalue weighted by Crippen LogP contribution is 2.36. The van der Waals surface area contributed by atoms with Gasteiger partial charge < -0.3 is 19.8 Å². The van der Waals surface area contributed by atoms with Gasteiger partial charge in [0.2, 0.25) is 0 Å². The first-order chi connectivity index (χ1) is 12.3. The van der Waals surface area contributed by atoms with Crippen molar-refractivity contribution in [3.8, 4) is 11.5 Å². The highest BCUT2D eigenvalue weighted by molar-refractivity contribution is 5.83. The first-order valence-electron chi connectivity index (χ1n) is 8.83. The van der Waals surface area contributed by atoms with Crippen LogP contribution in [0.25, 0.3) is 10.9 Å². The van der Waals surface area contributed by atoms with Crippen LogP contribution < -0.4 is 14.8 Å². The van der Waals surface area contributed by atoms with Crippen LogP contribution in [0.15, 0.2) is 42.6 Å². The largest absolute Gasteiger partial charge is 0.493 e. The fraction of sp³-hybridized carbons (Fsp3) is 0.333. The molecule has 0 aliphatic carbocycles. The highest BCUT2D eigenvalue weighted by atomic mass is 16.5. The molecule has 3 aromatic rings. The van der Waals surface area contributed by atoms with Crippen molar-refractivity contribution in [2.24, 2.45) is 0 Å². The van der Waals surface area contributed by atoms with Crippen LogP contribution >= 0.6 is 0 Å². The van der Waals surface area contributed by atoms with Crippen LogP contribution in [0.1, 0.15) is 29.2 Å². The van der Waals surface area contributed by atoms with Crippen LogP contribution in [0.5, 0.6) is 11.5 Å². The van der Waals surface area contributed by atoms with Gasteiger partial charge in [-0.1, -0.05) is 18.2 Å². The Morgan fingerprint density at radius 3 is 2.72 bits per heavy atom. The van der Waals surface area contributed by atoms with Crippen molar-refractivity contribution in [3.63, 3.8) is 0 Å². The Labute approximate surface area is 148 Å². The van der Waals surface area contributed by atoms with Crippen molar-refractivity contribution in [1.82, 2.24) is 10.3 Å².